The van der Waals surface area contributed by atoms with Crippen LogP contribution < -0.4 is 20.1 Å². The van der Waals surface area contributed by atoms with Crippen LogP contribution in [0.2, 0.25) is 0 Å². The summed E-state index contributed by atoms with van der Waals surface area (Å²) in [5, 5.41) is 9.90. The van der Waals surface area contributed by atoms with Crippen molar-refractivity contribution in [1.82, 2.24) is 10.3 Å². The first kappa shape index (κ1) is 20.0. The van der Waals surface area contributed by atoms with Crippen molar-refractivity contribution in [3.05, 3.63) is 34.3 Å². The molecule has 0 aliphatic rings. The average Bonchev–Trinajstić information content (AvgIpc) is 3.10. The van der Waals surface area contributed by atoms with Crippen LogP contribution in [0.3, 0.4) is 0 Å². The van der Waals surface area contributed by atoms with Crippen molar-refractivity contribution in [1.29, 1.82) is 0 Å². The Morgan fingerprint density at radius 2 is 2.12 bits per heavy atom. The van der Waals surface area contributed by atoms with Crippen molar-refractivity contribution in [2.45, 2.75) is 33.1 Å². The third kappa shape index (κ3) is 5.62. The first-order valence-corrected chi connectivity index (χ1v) is 9.68. The molecule has 0 fully saturated rings. The fraction of sp³-hybridized carbons (Fsp3) is 0.474. The molecule has 0 spiro atoms. The fourth-order valence-electron chi connectivity index (χ4n) is 2.35. The van der Waals surface area contributed by atoms with Crippen LogP contribution in [0.1, 0.15) is 37.4 Å². The van der Waals surface area contributed by atoms with Crippen molar-refractivity contribution in [2.75, 3.05) is 32.6 Å². The molecule has 0 aliphatic carbocycles. The van der Waals surface area contributed by atoms with E-state index in [1.54, 1.807) is 25.5 Å². The lowest BCUT2D eigenvalue weighted by molar-refractivity contribution is 0.311. The zero-order valence-electron chi connectivity index (χ0n) is 16.1. The molecule has 1 heterocycles. The van der Waals surface area contributed by atoms with Crippen molar-refractivity contribution < 1.29 is 9.47 Å². The third-order valence-corrected chi connectivity index (χ3v) is 4.88. The molecule has 2 aromatic rings. The normalized spacial score (nSPS) is 11.5. The van der Waals surface area contributed by atoms with E-state index in [-0.39, 0.29) is 0 Å². The van der Waals surface area contributed by atoms with Crippen LogP contribution in [0.15, 0.2) is 28.6 Å². The Bertz CT molecular complexity index is 728. The molecule has 7 heteroatoms. The fourth-order valence-corrected chi connectivity index (χ4v) is 3.22. The molecule has 0 aliphatic heterocycles. The van der Waals surface area contributed by atoms with E-state index in [1.165, 1.54) is 5.01 Å². The molecule has 0 radical (unpaired) electrons. The summed E-state index contributed by atoms with van der Waals surface area (Å²) >= 11 is 1.72. The molecule has 0 amide bonds. The maximum atomic E-state index is 5.61. The van der Waals surface area contributed by atoms with Gasteiger partial charge in [0.05, 0.1) is 24.4 Å². The summed E-state index contributed by atoms with van der Waals surface area (Å²) in [7, 11) is 3.39. The molecule has 0 saturated carbocycles. The smallest absolute Gasteiger partial charge is 0.195 e. The lowest BCUT2D eigenvalue weighted by Gasteiger charge is -2.14. The van der Waals surface area contributed by atoms with Gasteiger partial charge in [-0.1, -0.05) is 13.8 Å². The van der Waals surface area contributed by atoms with E-state index >= 15 is 0 Å². The van der Waals surface area contributed by atoms with E-state index in [0.717, 1.165) is 24.3 Å². The molecule has 142 valence electrons. The van der Waals surface area contributed by atoms with Gasteiger partial charge in [-0.2, -0.15) is 0 Å². The van der Waals surface area contributed by atoms with Crippen molar-refractivity contribution in [3.63, 3.8) is 0 Å². The van der Waals surface area contributed by atoms with Gasteiger partial charge >= 0.3 is 0 Å². The summed E-state index contributed by atoms with van der Waals surface area (Å²) in [4.78, 5) is 8.93. The Morgan fingerprint density at radius 1 is 1.31 bits per heavy atom. The van der Waals surface area contributed by atoms with Gasteiger partial charge in [-0.3, -0.25) is 4.99 Å². The maximum Gasteiger partial charge on any atom is 0.195 e. The van der Waals surface area contributed by atoms with Gasteiger partial charge < -0.3 is 20.1 Å². The topological polar surface area (TPSA) is 67.8 Å². The number of aromatic nitrogens is 1. The molecule has 6 nitrogen and oxygen atoms in total. The number of thiazole rings is 1. The average molecular weight is 377 g/mol. The molecule has 1 aromatic carbocycles. The number of hydrogen-bond acceptors (Lipinski definition) is 5. The predicted octanol–water partition coefficient (Wildman–Crippen LogP) is 3.90. The Morgan fingerprint density at radius 3 is 2.73 bits per heavy atom. The molecular formula is C19H28N4O2S. The first-order valence-electron chi connectivity index (χ1n) is 8.80. The largest absolute Gasteiger partial charge is 0.493 e. The molecule has 2 N–H and O–H groups in total. The highest BCUT2D eigenvalue weighted by molar-refractivity contribution is 7.09. The van der Waals surface area contributed by atoms with Crippen molar-refractivity contribution in [2.24, 2.45) is 4.99 Å². The summed E-state index contributed by atoms with van der Waals surface area (Å²) in [5.74, 6) is 2.60. The second-order valence-corrected chi connectivity index (χ2v) is 6.89. The van der Waals surface area contributed by atoms with Gasteiger partial charge in [0.25, 0.3) is 0 Å². The highest BCUT2D eigenvalue weighted by Crippen LogP contribution is 2.30. The summed E-state index contributed by atoms with van der Waals surface area (Å²) in [6, 6.07) is 5.72. The van der Waals surface area contributed by atoms with Crippen LogP contribution >= 0.6 is 11.3 Å². The second-order valence-electron chi connectivity index (χ2n) is 6.00. The van der Waals surface area contributed by atoms with Crippen molar-refractivity contribution >= 4 is 23.0 Å². The molecule has 2 rings (SSSR count). The number of rotatable bonds is 8. The lowest BCUT2D eigenvalue weighted by atomic mass is 10.2. The Hall–Kier alpha value is -2.28. The quantitative estimate of drug-likeness (QED) is 0.540. The maximum absolute atomic E-state index is 5.61. The predicted molar refractivity (Wildman–Crippen MR) is 109 cm³/mol. The number of benzene rings is 1. The van der Waals surface area contributed by atoms with Gasteiger partial charge in [0.1, 0.15) is 0 Å². The Labute approximate surface area is 159 Å². The summed E-state index contributed by atoms with van der Waals surface area (Å²) in [5.41, 5.74) is 2.00. The van der Waals surface area contributed by atoms with E-state index < -0.39 is 0 Å². The van der Waals surface area contributed by atoms with Gasteiger partial charge in [-0.25, -0.2) is 4.98 Å². The zero-order valence-corrected chi connectivity index (χ0v) is 16.9. The van der Waals surface area contributed by atoms with Crippen LogP contribution in [0.4, 0.5) is 5.69 Å². The highest BCUT2D eigenvalue weighted by atomic mass is 32.1. The van der Waals surface area contributed by atoms with E-state index in [2.05, 4.69) is 39.8 Å². The second kappa shape index (κ2) is 10.0. The molecule has 0 saturated heterocycles. The van der Waals surface area contributed by atoms with Crippen LogP contribution in [0, 0.1) is 0 Å². The number of nitrogens with zero attached hydrogens (tertiary/aromatic N) is 2. The Kier molecular flexibility index (Phi) is 7.72. The van der Waals surface area contributed by atoms with Crippen LogP contribution in [0.5, 0.6) is 11.5 Å². The zero-order chi connectivity index (χ0) is 18.9. The number of nitrogens with one attached hydrogen (secondary N) is 2. The number of ether oxygens (including phenoxy) is 2. The summed E-state index contributed by atoms with van der Waals surface area (Å²) < 4.78 is 10.9. The molecule has 26 heavy (non-hydrogen) atoms. The van der Waals surface area contributed by atoms with Crippen LogP contribution in [-0.2, 0) is 6.42 Å². The molecule has 0 bridgehead atoms. The number of hydrogen-bond donors (Lipinski definition) is 2. The van der Waals surface area contributed by atoms with Gasteiger partial charge in [0.15, 0.2) is 17.5 Å². The third-order valence-electron chi connectivity index (χ3n) is 3.69. The molecule has 0 atom stereocenters. The first-order chi connectivity index (χ1) is 12.6. The van der Waals surface area contributed by atoms with Crippen molar-refractivity contribution in [3.8, 4) is 11.5 Å². The SMILES string of the molecule is CCOc1cc(NC(=NC)NCCc2csc(C(C)C)n2)ccc1OC. The standard InChI is InChI=1S/C19H28N4O2S/c1-6-25-17-11-14(7-8-16(17)24-5)23-19(20-4)21-10-9-15-12-26-18(22-15)13(2)3/h7-8,11-13H,6,9-10H2,1-5H3,(H2,20,21,23). The monoisotopic (exact) mass is 376 g/mol. The minimum atomic E-state index is 0.478. The van der Waals surface area contributed by atoms with Gasteiger partial charge in [-0.15, -0.1) is 11.3 Å². The number of methoxy groups -OCH3 is 1. The molecule has 0 unspecified atom stereocenters. The van der Waals surface area contributed by atoms with Crippen LogP contribution in [-0.4, -0.2) is 38.3 Å². The molecular weight excluding hydrogens is 348 g/mol. The molecule has 1 aromatic heterocycles. The lowest BCUT2D eigenvalue weighted by Crippen LogP contribution is -2.32. The summed E-state index contributed by atoms with van der Waals surface area (Å²) in [6.07, 6.45) is 0.858. The number of guanidine groups is 1. The van der Waals surface area contributed by atoms with Gasteiger partial charge in [-0.05, 0) is 19.1 Å². The number of aliphatic imine (C=N–C) groups is 1. The van der Waals surface area contributed by atoms with E-state index in [9.17, 15) is 0 Å². The minimum absolute atomic E-state index is 0.478. The number of anilines is 1. The van der Waals surface area contributed by atoms with Gasteiger partial charge in [0, 0.05) is 43.1 Å². The van der Waals surface area contributed by atoms with E-state index in [0.29, 0.717) is 30.0 Å². The minimum Gasteiger partial charge on any atom is -0.493 e. The van der Waals surface area contributed by atoms with Gasteiger partial charge in [0.2, 0.25) is 0 Å². The highest BCUT2D eigenvalue weighted by Gasteiger charge is 2.08. The van der Waals surface area contributed by atoms with Crippen LogP contribution in [0.25, 0.3) is 0 Å². The summed E-state index contributed by atoms with van der Waals surface area (Å²) in [6.45, 7) is 7.62. The van der Waals surface area contributed by atoms with E-state index in [1.807, 2.05) is 25.1 Å². The Balaban J connectivity index is 1.91. The van der Waals surface area contributed by atoms with E-state index in [4.69, 9.17) is 9.47 Å².